The molecule has 2 heteroatoms. The smallest absolute Gasteiger partial charge is 0.118 e. The van der Waals surface area contributed by atoms with Crippen LogP contribution in [0.1, 0.15) is 5.56 Å². The maximum atomic E-state index is 5.24. The van der Waals surface area contributed by atoms with Crippen LogP contribution in [0.15, 0.2) is 66.7 Å². The van der Waals surface area contributed by atoms with Gasteiger partial charge >= 0.3 is 0 Å². The van der Waals surface area contributed by atoms with Crippen LogP contribution < -0.4 is 9.47 Å². The van der Waals surface area contributed by atoms with E-state index in [-0.39, 0.29) is 0 Å². The summed E-state index contributed by atoms with van der Waals surface area (Å²) in [5.41, 5.74) is 6.13. The van der Waals surface area contributed by atoms with Crippen molar-refractivity contribution in [3.63, 3.8) is 0 Å². The summed E-state index contributed by atoms with van der Waals surface area (Å²) in [6.07, 6.45) is 0. The molecule has 116 valence electrons. The molecule has 0 radical (unpaired) electrons. The van der Waals surface area contributed by atoms with Gasteiger partial charge in [-0.3, -0.25) is 0 Å². The third-order valence-electron chi connectivity index (χ3n) is 4.14. The molecule has 0 saturated carbocycles. The largest absolute Gasteiger partial charge is 0.497 e. The SMILES string of the molecule is COc1ccc(-c2cccc(-c3ccc(OC)cc3)c2C)cc1. The van der Waals surface area contributed by atoms with Crippen molar-refractivity contribution in [2.45, 2.75) is 6.92 Å². The fourth-order valence-corrected chi connectivity index (χ4v) is 2.80. The lowest BCUT2D eigenvalue weighted by Crippen LogP contribution is -1.89. The van der Waals surface area contributed by atoms with Crippen molar-refractivity contribution in [1.82, 2.24) is 0 Å². The normalized spacial score (nSPS) is 10.4. The molecule has 0 N–H and O–H groups in total. The molecule has 23 heavy (non-hydrogen) atoms. The molecule has 0 unspecified atom stereocenters. The highest BCUT2D eigenvalue weighted by Gasteiger charge is 2.08. The van der Waals surface area contributed by atoms with Crippen LogP contribution in [0.25, 0.3) is 22.3 Å². The van der Waals surface area contributed by atoms with Crippen LogP contribution in [0.2, 0.25) is 0 Å². The average Bonchev–Trinajstić information content (AvgIpc) is 2.62. The van der Waals surface area contributed by atoms with Gasteiger partial charge in [-0.15, -0.1) is 0 Å². The summed E-state index contributed by atoms with van der Waals surface area (Å²) in [4.78, 5) is 0. The molecular weight excluding hydrogens is 284 g/mol. The molecule has 0 amide bonds. The molecule has 3 aromatic carbocycles. The third-order valence-corrected chi connectivity index (χ3v) is 4.14. The molecule has 0 fully saturated rings. The average molecular weight is 304 g/mol. The second kappa shape index (κ2) is 6.57. The summed E-state index contributed by atoms with van der Waals surface area (Å²) in [6.45, 7) is 2.17. The number of hydrogen-bond donors (Lipinski definition) is 0. The fourth-order valence-electron chi connectivity index (χ4n) is 2.80. The first-order valence-corrected chi connectivity index (χ1v) is 7.61. The van der Waals surface area contributed by atoms with Gasteiger partial charge in [0.05, 0.1) is 14.2 Å². The number of hydrogen-bond acceptors (Lipinski definition) is 2. The van der Waals surface area contributed by atoms with E-state index in [0.717, 1.165) is 11.5 Å². The molecule has 3 rings (SSSR count). The molecule has 0 spiro atoms. The summed E-state index contributed by atoms with van der Waals surface area (Å²) in [5, 5.41) is 0. The summed E-state index contributed by atoms with van der Waals surface area (Å²) < 4.78 is 10.5. The van der Waals surface area contributed by atoms with Crippen molar-refractivity contribution in [3.05, 3.63) is 72.3 Å². The van der Waals surface area contributed by atoms with Crippen LogP contribution in [0.5, 0.6) is 11.5 Å². The fraction of sp³-hybridized carbons (Fsp3) is 0.143. The lowest BCUT2D eigenvalue weighted by Gasteiger charge is -2.13. The minimum atomic E-state index is 0.873. The Morgan fingerprint density at radius 1 is 0.565 bits per heavy atom. The minimum Gasteiger partial charge on any atom is -0.497 e. The number of methoxy groups -OCH3 is 2. The van der Waals surface area contributed by atoms with Crippen molar-refractivity contribution in [1.29, 1.82) is 0 Å². The molecule has 0 heterocycles. The summed E-state index contributed by atoms with van der Waals surface area (Å²) in [6, 6.07) is 22.8. The standard InChI is InChI=1S/C21H20O2/c1-15-20(16-7-11-18(22-2)12-8-16)5-4-6-21(15)17-9-13-19(23-3)14-10-17/h4-14H,1-3H3. The maximum absolute atomic E-state index is 5.24. The van der Waals surface area contributed by atoms with Gasteiger partial charge in [0.25, 0.3) is 0 Å². The van der Waals surface area contributed by atoms with Crippen molar-refractivity contribution in [2.75, 3.05) is 14.2 Å². The highest BCUT2D eigenvalue weighted by atomic mass is 16.5. The number of ether oxygens (including phenoxy) is 2. The molecule has 0 atom stereocenters. The van der Waals surface area contributed by atoms with Gasteiger partial charge in [-0.25, -0.2) is 0 Å². The molecular formula is C21H20O2. The Morgan fingerprint density at radius 3 is 1.30 bits per heavy atom. The third kappa shape index (κ3) is 3.07. The van der Waals surface area contributed by atoms with Gasteiger partial charge in [0, 0.05) is 0 Å². The van der Waals surface area contributed by atoms with Crippen LogP contribution in [-0.4, -0.2) is 14.2 Å². The number of rotatable bonds is 4. The molecule has 0 bridgehead atoms. The van der Waals surface area contributed by atoms with Crippen LogP contribution >= 0.6 is 0 Å². The van der Waals surface area contributed by atoms with Gasteiger partial charge in [-0.2, -0.15) is 0 Å². The van der Waals surface area contributed by atoms with Crippen molar-refractivity contribution < 1.29 is 9.47 Å². The Balaban J connectivity index is 2.02. The first-order valence-electron chi connectivity index (χ1n) is 7.61. The summed E-state index contributed by atoms with van der Waals surface area (Å²) in [5.74, 6) is 1.75. The van der Waals surface area contributed by atoms with Gasteiger partial charge in [0.15, 0.2) is 0 Å². The van der Waals surface area contributed by atoms with Crippen molar-refractivity contribution >= 4 is 0 Å². The van der Waals surface area contributed by atoms with Gasteiger partial charge in [0.2, 0.25) is 0 Å². The van der Waals surface area contributed by atoms with Crippen molar-refractivity contribution in [2.24, 2.45) is 0 Å². The first-order chi connectivity index (χ1) is 11.2. The lowest BCUT2D eigenvalue weighted by atomic mass is 9.93. The van der Waals surface area contributed by atoms with Crippen LogP contribution in [-0.2, 0) is 0 Å². The summed E-state index contributed by atoms with van der Waals surface area (Å²) >= 11 is 0. The second-order valence-corrected chi connectivity index (χ2v) is 5.44. The van der Waals surface area contributed by atoms with E-state index >= 15 is 0 Å². The van der Waals surface area contributed by atoms with Gasteiger partial charge in [-0.1, -0.05) is 42.5 Å². The monoisotopic (exact) mass is 304 g/mol. The second-order valence-electron chi connectivity index (χ2n) is 5.44. The van der Waals surface area contributed by atoms with Gasteiger partial charge in [0.1, 0.15) is 11.5 Å². The van der Waals surface area contributed by atoms with Crippen LogP contribution in [0.3, 0.4) is 0 Å². The topological polar surface area (TPSA) is 18.5 Å². The maximum Gasteiger partial charge on any atom is 0.118 e. The predicted molar refractivity (Wildman–Crippen MR) is 95.2 cm³/mol. The van der Waals surface area contributed by atoms with E-state index in [2.05, 4.69) is 49.4 Å². The van der Waals surface area contributed by atoms with Gasteiger partial charge in [-0.05, 0) is 59.0 Å². The van der Waals surface area contributed by atoms with E-state index in [1.54, 1.807) is 14.2 Å². The Morgan fingerprint density at radius 2 is 0.957 bits per heavy atom. The van der Waals surface area contributed by atoms with E-state index < -0.39 is 0 Å². The van der Waals surface area contributed by atoms with E-state index in [4.69, 9.17) is 9.47 Å². The van der Waals surface area contributed by atoms with Crippen LogP contribution in [0.4, 0.5) is 0 Å². The van der Waals surface area contributed by atoms with E-state index in [1.807, 2.05) is 24.3 Å². The highest BCUT2D eigenvalue weighted by molar-refractivity contribution is 5.78. The Bertz CT molecular complexity index is 721. The zero-order valence-electron chi connectivity index (χ0n) is 13.7. The Labute approximate surface area is 137 Å². The zero-order valence-corrected chi connectivity index (χ0v) is 13.7. The molecule has 0 aliphatic rings. The summed E-state index contributed by atoms with van der Waals surface area (Å²) in [7, 11) is 3.37. The van der Waals surface area contributed by atoms with E-state index in [0.29, 0.717) is 0 Å². The van der Waals surface area contributed by atoms with Crippen molar-refractivity contribution in [3.8, 4) is 33.8 Å². The Hall–Kier alpha value is -2.74. The molecule has 0 aliphatic heterocycles. The van der Waals surface area contributed by atoms with Gasteiger partial charge < -0.3 is 9.47 Å². The lowest BCUT2D eigenvalue weighted by molar-refractivity contribution is 0.415. The minimum absolute atomic E-state index is 0.873. The quantitative estimate of drug-likeness (QED) is 0.647. The Kier molecular flexibility index (Phi) is 4.33. The predicted octanol–water partition coefficient (Wildman–Crippen LogP) is 5.35. The van der Waals surface area contributed by atoms with Crippen LogP contribution in [0, 0.1) is 6.92 Å². The van der Waals surface area contributed by atoms with E-state index in [1.165, 1.54) is 27.8 Å². The molecule has 3 aromatic rings. The number of benzene rings is 3. The molecule has 0 aliphatic carbocycles. The molecule has 0 aromatic heterocycles. The molecule has 0 saturated heterocycles. The van der Waals surface area contributed by atoms with E-state index in [9.17, 15) is 0 Å². The highest BCUT2D eigenvalue weighted by Crippen LogP contribution is 2.33. The zero-order chi connectivity index (χ0) is 16.2. The molecule has 2 nitrogen and oxygen atoms in total. The first kappa shape index (κ1) is 15.2.